The molecule has 0 saturated heterocycles. The molecule has 0 aromatic heterocycles. The number of benzene rings is 2. The topological polar surface area (TPSA) is 9.23 Å². The molecule has 1 unspecified atom stereocenters. The molecule has 0 bridgehead atoms. The molecule has 0 spiro atoms. The van der Waals surface area contributed by atoms with E-state index >= 15 is 0 Å². The van der Waals surface area contributed by atoms with Crippen molar-refractivity contribution in [2.75, 3.05) is 0 Å². The van der Waals surface area contributed by atoms with Crippen LogP contribution < -0.4 is 4.74 Å². The summed E-state index contributed by atoms with van der Waals surface area (Å²) in [4.78, 5) is 0. The fraction of sp³-hybridized carbons (Fsp3) is 0.368. The Morgan fingerprint density at radius 3 is 2.43 bits per heavy atom. The number of hydrogen-bond donors (Lipinski definition) is 0. The summed E-state index contributed by atoms with van der Waals surface area (Å²) < 4.78 is 40.9. The Bertz CT molecular complexity index is 674. The van der Waals surface area contributed by atoms with Crippen LogP contribution in [0.5, 0.6) is 5.75 Å². The highest BCUT2D eigenvalue weighted by atomic mass is 19.4. The fourth-order valence-electron chi connectivity index (χ4n) is 3.24. The lowest BCUT2D eigenvalue weighted by atomic mass is 9.80. The van der Waals surface area contributed by atoms with Gasteiger partial charge in [-0.2, -0.15) is 0 Å². The molecule has 0 heterocycles. The van der Waals surface area contributed by atoms with Crippen LogP contribution in [0.25, 0.3) is 0 Å². The summed E-state index contributed by atoms with van der Waals surface area (Å²) in [6.07, 6.45) is -1.01. The van der Waals surface area contributed by atoms with Crippen LogP contribution in [0.2, 0.25) is 0 Å². The van der Waals surface area contributed by atoms with E-state index in [1.54, 1.807) is 6.07 Å². The smallest absolute Gasteiger partial charge is 0.406 e. The molecule has 0 N–H and O–H groups in total. The van der Waals surface area contributed by atoms with Gasteiger partial charge in [0, 0.05) is 0 Å². The van der Waals surface area contributed by atoms with Crippen molar-refractivity contribution in [3.05, 3.63) is 64.7 Å². The molecule has 0 saturated carbocycles. The molecule has 0 amide bonds. The highest BCUT2D eigenvalue weighted by molar-refractivity contribution is 5.40. The zero-order valence-corrected chi connectivity index (χ0v) is 13.0. The maximum absolute atomic E-state index is 12.3. The highest BCUT2D eigenvalue weighted by Gasteiger charge is 2.31. The van der Waals surface area contributed by atoms with Gasteiger partial charge in [0.15, 0.2) is 0 Å². The molecule has 2 aromatic rings. The molecule has 122 valence electrons. The van der Waals surface area contributed by atoms with Crippen LogP contribution in [-0.2, 0) is 19.3 Å². The lowest BCUT2D eigenvalue weighted by Crippen LogP contribution is -2.18. The van der Waals surface area contributed by atoms with Crippen LogP contribution in [-0.4, -0.2) is 6.36 Å². The summed E-state index contributed by atoms with van der Waals surface area (Å²) in [6, 6.07) is 13.4. The number of halogens is 3. The Kier molecular flexibility index (Phi) is 4.33. The Morgan fingerprint density at radius 2 is 1.78 bits per heavy atom. The summed E-state index contributed by atoms with van der Waals surface area (Å²) in [6.45, 7) is 2.13. The first-order valence-corrected chi connectivity index (χ1v) is 7.91. The van der Waals surface area contributed by atoms with Crippen LogP contribution in [0, 0.1) is 0 Å². The Hall–Kier alpha value is -1.97. The molecule has 1 aliphatic carbocycles. The van der Waals surface area contributed by atoms with E-state index in [2.05, 4.69) is 35.9 Å². The molecular formula is C19H19F3O. The predicted octanol–water partition coefficient (Wildman–Crippen LogP) is 5.42. The zero-order valence-electron chi connectivity index (χ0n) is 13.0. The summed E-state index contributed by atoms with van der Waals surface area (Å²) in [5.41, 5.74) is 4.71. The lowest BCUT2D eigenvalue weighted by Gasteiger charge is -2.25. The number of ether oxygens (including phenoxy) is 1. The Balaban J connectivity index is 1.75. The molecule has 0 fully saturated rings. The monoisotopic (exact) mass is 320 g/mol. The van der Waals surface area contributed by atoms with Gasteiger partial charge < -0.3 is 4.74 Å². The van der Waals surface area contributed by atoms with E-state index in [1.165, 1.54) is 23.3 Å². The van der Waals surface area contributed by atoms with Crippen molar-refractivity contribution in [1.29, 1.82) is 0 Å². The van der Waals surface area contributed by atoms with Crippen molar-refractivity contribution in [3.63, 3.8) is 0 Å². The molecule has 1 nitrogen and oxygen atoms in total. The number of fused-ring (bicyclic) bond motifs is 1. The predicted molar refractivity (Wildman–Crippen MR) is 83.7 cm³/mol. The average molecular weight is 320 g/mol. The van der Waals surface area contributed by atoms with Crippen molar-refractivity contribution in [1.82, 2.24) is 0 Å². The number of aryl methyl sites for hydroxylation is 2. The second kappa shape index (κ2) is 6.26. The van der Waals surface area contributed by atoms with Gasteiger partial charge in [0.1, 0.15) is 5.75 Å². The Morgan fingerprint density at radius 1 is 1.04 bits per heavy atom. The normalized spacial score (nSPS) is 17.7. The SMILES string of the molecule is CCc1ccc(C2CCc3cc(OC(F)(F)F)ccc3C2)cc1. The quantitative estimate of drug-likeness (QED) is 0.733. The molecule has 3 rings (SSSR count). The van der Waals surface area contributed by atoms with Gasteiger partial charge in [-0.25, -0.2) is 0 Å². The van der Waals surface area contributed by atoms with Crippen molar-refractivity contribution >= 4 is 0 Å². The summed E-state index contributed by atoms with van der Waals surface area (Å²) >= 11 is 0. The molecular weight excluding hydrogens is 301 g/mol. The third-order valence-corrected chi connectivity index (χ3v) is 4.50. The van der Waals surface area contributed by atoms with Crippen LogP contribution >= 0.6 is 0 Å². The second-order valence-electron chi connectivity index (χ2n) is 6.01. The van der Waals surface area contributed by atoms with E-state index in [9.17, 15) is 13.2 Å². The van der Waals surface area contributed by atoms with Gasteiger partial charge >= 0.3 is 6.36 Å². The molecule has 1 atom stereocenters. The van der Waals surface area contributed by atoms with Crippen LogP contribution in [0.4, 0.5) is 13.2 Å². The van der Waals surface area contributed by atoms with Crippen LogP contribution in [0.3, 0.4) is 0 Å². The minimum absolute atomic E-state index is 0.123. The zero-order chi connectivity index (χ0) is 16.4. The Labute approximate surface area is 134 Å². The van der Waals surface area contributed by atoms with Gasteiger partial charge in [0.25, 0.3) is 0 Å². The summed E-state index contributed by atoms with van der Waals surface area (Å²) in [5, 5.41) is 0. The van der Waals surface area contributed by atoms with Crippen LogP contribution in [0.1, 0.15) is 41.5 Å². The van der Waals surface area contributed by atoms with Gasteiger partial charge in [0.2, 0.25) is 0 Å². The average Bonchev–Trinajstić information content (AvgIpc) is 2.53. The maximum Gasteiger partial charge on any atom is 0.573 e. The van der Waals surface area contributed by atoms with Gasteiger partial charge in [-0.3, -0.25) is 0 Å². The van der Waals surface area contributed by atoms with E-state index in [0.29, 0.717) is 5.92 Å². The minimum atomic E-state index is -4.63. The first-order valence-electron chi connectivity index (χ1n) is 7.91. The van der Waals surface area contributed by atoms with Crippen molar-refractivity contribution in [2.24, 2.45) is 0 Å². The molecule has 23 heavy (non-hydrogen) atoms. The van der Waals surface area contributed by atoms with E-state index in [0.717, 1.165) is 36.8 Å². The number of hydrogen-bond acceptors (Lipinski definition) is 1. The second-order valence-corrected chi connectivity index (χ2v) is 6.01. The van der Waals surface area contributed by atoms with Crippen molar-refractivity contribution < 1.29 is 17.9 Å². The first-order chi connectivity index (χ1) is 10.9. The van der Waals surface area contributed by atoms with Crippen LogP contribution in [0.15, 0.2) is 42.5 Å². The molecule has 0 radical (unpaired) electrons. The third-order valence-electron chi connectivity index (χ3n) is 4.50. The lowest BCUT2D eigenvalue weighted by molar-refractivity contribution is -0.274. The molecule has 4 heteroatoms. The summed E-state index contributed by atoms with van der Waals surface area (Å²) in [5.74, 6) is 0.310. The maximum atomic E-state index is 12.3. The molecule has 2 aromatic carbocycles. The molecule has 0 aliphatic heterocycles. The van der Waals surface area contributed by atoms with E-state index < -0.39 is 6.36 Å². The standard InChI is InChI=1S/C19H19F3O/c1-2-13-3-5-14(6-4-13)15-7-8-17-12-18(23-19(20,21)22)10-9-16(17)11-15/h3-6,9-10,12,15H,2,7-8,11H2,1H3. The van der Waals surface area contributed by atoms with E-state index in [4.69, 9.17) is 0 Å². The van der Waals surface area contributed by atoms with Crippen molar-refractivity contribution in [3.8, 4) is 5.75 Å². The van der Waals surface area contributed by atoms with E-state index in [-0.39, 0.29) is 5.75 Å². The largest absolute Gasteiger partial charge is 0.573 e. The minimum Gasteiger partial charge on any atom is -0.406 e. The number of alkyl halides is 3. The number of rotatable bonds is 3. The molecule has 1 aliphatic rings. The van der Waals surface area contributed by atoms with E-state index in [1.807, 2.05) is 0 Å². The fourth-order valence-corrected chi connectivity index (χ4v) is 3.24. The van der Waals surface area contributed by atoms with Crippen molar-refractivity contribution in [2.45, 2.75) is 44.9 Å². The summed E-state index contributed by atoms with van der Waals surface area (Å²) in [7, 11) is 0. The van der Waals surface area contributed by atoms with Gasteiger partial charge in [-0.05, 0) is 66.0 Å². The van der Waals surface area contributed by atoms with Gasteiger partial charge in [-0.1, -0.05) is 37.3 Å². The van der Waals surface area contributed by atoms with Gasteiger partial charge in [0.05, 0.1) is 0 Å². The van der Waals surface area contributed by atoms with Gasteiger partial charge in [-0.15, -0.1) is 13.2 Å². The highest BCUT2D eigenvalue weighted by Crippen LogP contribution is 2.35. The first kappa shape index (κ1) is 15.9. The third kappa shape index (κ3) is 3.87.